The van der Waals surface area contributed by atoms with Crippen molar-refractivity contribution in [2.75, 3.05) is 27.1 Å². The number of amides is 1. The second-order valence-corrected chi connectivity index (χ2v) is 10.8. The van der Waals surface area contributed by atoms with Crippen LogP contribution in [0.1, 0.15) is 56.2 Å². The molecule has 1 atom stereocenters. The number of cyclic esters (lactones) is 1. The lowest BCUT2D eigenvalue weighted by Crippen LogP contribution is -2.51. The molecule has 42 heavy (non-hydrogen) atoms. The van der Waals surface area contributed by atoms with Crippen molar-refractivity contribution in [3.63, 3.8) is 0 Å². The molecule has 1 aliphatic heterocycles. The molecule has 2 aromatic rings. The molecule has 1 aliphatic rings. The summed E-state index contributed by atoms with van der Waals surface area (Å²) in [6.07, 6.45) is -7.85. The van der Waals surface area contributed by atoms with E-state index < -0.39 is 35.3 Å². The van der Waals surface area contributed by atoms with Gasteiger partial charge in [-0.2, -0.15) is 13.2 Å². The van der Waals surface area contributed by atoms with Crippen LogP contribution in [0.4, 0.5) is 31.1 Å². The van der Waals surface area contributed by atoms with Crippen LogP contribution in [0.3, 0.4) is 0 Å². The van der Waals surface area contributed by atoms with Gasteiger partial charge in [-0.05, 0) is 87.8 Å². The Balaban J connectivity index is 1.64. The molecule has 1 unspecified atom stereocenters. The number of hydrogen-bond acceptors (Lipinski definition) is 6. The SMILES string of the molecule is COCOCC1(CCc2ccc(OCCCc3ccc(OC(F)(F)F)cc3)c(C(F)(F)F)c2)CCC(C)(C)OC(=O)N1. The average molecular weight is 608 g/mol. The Kier molecular flexibility index (Phi) is 11.0. The Morgan fingerprint density at radius 2 is 1.64 bits per heavy atom. The molecule has 0 aromatic heterocycles. The van der Waals surface area contributed by atoms with Gasteiger partial charge in [0.05, 0.1) is 24.3 Å². The van der Waals surface area contributed by atoms with E-state index in [2.05, 4.69) is 10.1 Å². The van der Waals surface area contributed by atoms with Gasteiger partial charge in [0.2, 0.25) is 0 Å². The highest BCUT2D eigenvalue weighted by Crippen LogP contribution is 2.38. The molecule has 0 aliphatic carbocycles. The van der Waals surface area contributed by atoms with Gasteiger partial charge in [0.15, 0.2) is 0 Å². The Bertz CT molecular complexity index is 1170. The number of hydrogen-bond donors (Lipinski definition) is 1. The maximum absolute atomic E-state index is 13.9. The summed E-state index contributed by atoms with van der Waals surface area (Å²) in [7, 11) is 1.46. The van der Waals surface area contributed by atoms with Crippen LogP contribution in [-0.4, -0.2) is 50.7 Å². The summed E-state index contributed by atoms with van der Waals surface area (Å²) in [4.78, 5) is 12.4. The number of aryl methyl sites for hydroxylation is 2. The first-order chi connectivity index (χ1) is 19.6. The van der Waals surface area contributed by atoms with E-state index in [1.165, 1.54) is 37.4 Å². The van der Waals surface area contributed by atoms with Crippen LogP contribution in [0.25, 0.3) is 0 Å². The molecule has 1 saturated heterocycles. The topological polar surface area (TPSA) is 75.2 Å². The number of methoxy groups -OCH3 is 1. The van der Waals surface area contributed by atoms with Crippen molar-refractivity contribution in [2.45, 2.75) is 76.1 Å². The standard InChI is InChI=1S/C29H35F6NO6/c1-26(2)14-15-27(18-39-19-38-3,36-25(37)42-26)13-12-21-8-11-24(23(17-21)28(30,31)32)40-16-4-5-20-6-9-22(10-7-20)41-29(33,34)35/h6-11,17H,4-5,12-16,18-19H2,1-3H3,(H,36,37). The number of alkyl carbamates (subject to hydrolysis) is 1. The van der Waals surface area contributed by atoms with Crippen molar-refractivity contribution in [3.8, 4) is 11.5 Å². The number of alkyl halides is 6. The molecular formula is C29H35F6NO6. The van der Waals surface area contributed by atoms with Crippen LogP contribution in [-0.2, 0) is 33.2 Å². The highest BCUT2D eigenvalue weighted by molar-refractivity contribution is 5.69. The molecule has 0 bridgehead atoms. The molecule has 234 valence electrons. The van der Waals surface area contributed by atoms with E-state index in [9.17, 15) is 31.1 Å². The van der Waals surface area contributed by atoms with Gasteiger partial charge in [-0.15, -0.1) is 13.2 Å². The first-order valence-corrected chi connectivity index (χ1v) is 13.4. The van der Waals surface area contributed by atoms with Gasteiger partial charge in [-0.1, -0.05) is 18.2 Å². The normalized spacial score (nSPS) is 19.0. The highest BCUT2D eigenvalue weighted by atomic mass is 19.4. The second kappa shape index (κ2) is 13.9. The lowest BCUT2D eigenvalue weighted by molar-refractivity contribution is -0.274. The van der Waals surface area contributed by atoms with Gasteiger partial charge in [0, 0.05) is 7.11 Å². The lowest BCUT2D eigenvalue weighted by Gasteiger charge is -2.32. The monoisotopic (exact) mass is 607 g/mol. The van der Waals surface area contributed by atoms with E-state index >= 15 is 0 Å². The zero-order valence-electron chi connectivity index (χ0n) is 23.6. The number of nitrogens with one attached hydrogen (secondary N) is 1. The molecule has 3 rings (SSSR count). The molecule has 7 nitrogen and oxygen atoms in total. The largest absolute Gasteiger partial charge is 0.573 e. The fraction of sp³-hybridized carbons (Fsp3) is 0.552. The van der Waals surface area contributed by atoms with Crippen molar-refractivity contribution in [1.29, 1.82) is 0 Å². The summed E-state index contributed by atoms with van der Waals surface area (Å²) in [6.45, 7) is 3.62. The number of benzene rings is 2. The molecule has 13 heteroatoms. The third-order valence-corrected chi connectivity index (χ3v) is 6.79. The van der Waals surface area contributed by atoms with Crippen LogP contribution < -0.4 is 14.8 Å². The maximum Gasteiger partial charge on any atom is 0.573 e. The molecule has 0 saturated carbocycles. The van der Waals surface area contributed by atoms with E-state index in [1.54, 1.807) is 19.9 Å². The minimum absolute atomic E-state index is 0.0100. The van der Waals surface area contributed by atoms with E-state index in [0.29, 0.717) is 43.2 Å². The van der Waals surface area contributed by atoms with Crippen molar-refractivity contribution in [1.82, 2.24) is 5.32 Å². The van der Waals surface area contributed by atoms with E-state index in [1.807, 2.05) is 0 Å². The van der Waals surface area contributed by atoms with E-state index in [-0.39, 0.29) is 37.9 Å². The third kappa shape index (κ3) is 10.6. The fourth-order valence-corrected chi connectivity index (χ4v) is 4.61. The molecule has 0 spiro atoms. The molecule has 1 amide bonds. The summed E-state index contributed by atoms with van der Waals surface area (Å²) in [5.74, 6) is -0.680. The Labute approximate surface area is 240 Å². The van der Waals surface area contributed by atoms with Gasteiger partial charge in [-0.25, -0.2) is 4.79 Å². The maximum atomic E-state index is 13.9. The molecule has 1 fully saturated rings. The Morgan fingerprint density at radius 1 is 0.952 bits per heavy atom. The van der Waals surface area contributed by atoms with E-state index in [0.717, 1.165) is 6.07 Å². The number of halogens is 6. The lowest BCUT2D eigenvalue weighted by atomic mass is 9.84. The average Bonchev–Trinajstić information content (AvgIpc) is 3.00. The Morgan fingerprint density at radius 3 is 2.29 bits per heavy atom. The van der Waals surface area contributed by atoms with Crippen molar-refractivity contribution < 1.29 is 54.8 Å². The molecule has 0 radical (unpaired) electrons. The molecule has 2 aromatic carbocycles. The number of carbonyl (C=O) groups excluding carboxylic acids is 1. The Hall–Kier alpha value is -3.19. The van der Waals surface area contributed by atoms with Crippen molar-refractivity contribution in [3.05, 3.63) is 59.2 Å². The van der Waals surface area contributed by atoms with Gasteiger partial charge >= 0.3 is 18.6 Å². The first-order valence-electron chi connectivity index (χ1n) is 13.4. The first kappa shape index (κ1) is 33.3. The minimum Gasteiger partial charge on any atom is -0.493 e. The summed E-state index contributed by atoms with van der Waals surface area (Å²) in [6, 6.07) is 9.11. The van der Waals surface area contributed by atoms with Gasteiger partial charge in [0.1, 0.15) is 23.9 Å². The number of carbonyl (C=O) groups is 1. The third-order valence-electron chi connectivity index (χ3n) is 6.79. The predicted molar refractivity (Wildman–Crippen MR) is 140 cm³/mol. The van der Waals surface area contributed by atoms with Crippen molar-refractivity contribution >= 4 is 6.09 Å². The quantitative estimate of drug-likeness (QED) is 0.147. The minimum atomic E-state index is -4.79. The van der Waals surface area contributed by atoms with Crippen LogP contribution >= 0.6 is 0 Å². The van der Waals surface area contributed by atoms with Gasteiger partial charge in [0.25, 0.3) is 0 Å². The van der Waals surface area contributed by atoms with E-state index in [4.69, 9.17) is 18.9 Å². The van der Waals surface area contributed by atoms with Gasteiger partial charge < -0.3 is 29.0 Å². The summed E-state index contributed by atoms with van der Waals surface area (Å²) >= 11 is 0. The van der Waals surface area contributed by atoms with Crippen LogP contribution in [0.15, 0.2) is 42.5 Å². The van der Waals surface area contributed by atoms with Gasteiger partial charge in [-0.3, -0.25) is 0 Å². The second-order valence-electron chi connectivity index (χ2n) is 10.8. The van der Waals surface area contributed by atoms with Crippen LogP contribution in [0.5, 0.6) is 11.5 Å². The summed E-state index contributed by atoms with van der Waals surface area (Å²) in [5, 5.41) is 2.85. The molecule has 1 N–H and O–H groups in total. The summed E-state index contributed by atoms with van der Waals surface area (Å²) < 4.78 is 104. The fourth-order valence-electron chi connectivity index (χ4n) is 4.61. The van der Waals surface area contributed by atoms with Crippen LogP contribution in [0, 0.1) is 0 Å². The molecule has 1 heterocycles. The zero-order chi connectivity index (χ0) is 31.0. The highest BCUT2D eigenvalue weighted by Gasteiger charge is 2.40. The zero-order valence-corrected chi connectivity index (χ0v) is 23.6. The van der Waals surface area contributed by atoms with Crippen LogP contribution in [0.2, 0.25) is 0 Å². The van der Waals surface area contributed by atoms with Crippen molar-refractivity contribution in [2.24, 2.45) is 0 Å². The summed E-state index contributed by atoms with van der Waals surface area (Å²) in [5.41, 5.74) is -1.41. The smallest absolute Gasteiger partial charge is 0.493 e. The molecular weight excluding hydrogens is 572 g/mol. The predicted octanol–water partition coefficient (Wildman–Crippen LogP) is 7.21. The number of ether oxygens (including phenoxy) is 5. The number of rotatable bonds is 13.